The Kier molecular flexibility index (Phi) is 5.68. The van der Waals surface area contributed by atoms with Crippen molar-refractivity contribution in [2.75, 3.05) is 19.7 Å². The third-order valence-corrected chi connectivity index (χ3v) is 4.53. The van der Waals surface area contributed by atoms with Crippen LogP contribution in [0.25, 0.3) is 0 Å². The Morgan fingerprint density at radius 2 is 2.00 bits per heavy atom. The molecule has 1 aromatic rings. The average molecular weight is 317 g/mol. The zero-order valence-corrected chi connectivity index (χ0v) is 12.4. The summed E-state index contributed by atoms with van der Waals surface area (Å²) in [5, 5.41) is 8.66. The van der Waals surface area contributed by atoms with Gasteiger partial charge < -0.3 is 5.11 Å². The van der Waals surface area contributed by atoms with E-state index < -0.39 is 12.1 Å². The first kappa shape index (κ1) is 16.3. The first-order valence-electron chi connectivity index (χ1n) is 6.96. The third kappa shape index (κ3) is 5.03. The lowest BCUT2D eigenvalue weighted by Crippen LogP contribution is -2.38. The second-order valence-corrected chi connectivity index (χ2v) is 6.30. The van der Waals surface area contributed by atoms with Gasteiger partial charge in [0.25, 0.3) is 0 Å². The van der Waals surface area contributed by atoms with Gasteiger partial charge in [-0.1, -0.05) is 11.8 Å². The number of hydrogen-bond acceptors (Lipinski definition) is 3. The number of aliphatic hydroxyl groups is 1. The van der Waals surface area contributed by atoms with Crippen molar-refractivity contribution >= 4 is 11.3 Å². The lowest BCUT2D eigenvalue weighted by atomic mass is 9.96. The van der Waals surface area contributed by atoms with Crippen LogP contribution in [0.1, 0.15) is 29.0 Å². The number of halogens is 3. The molecule has 21 heavy (non-hydrogen) atoms. The first-order valence-corrected chi connectivity index (χ1v) is 7.78. The highest BCUT2D eigenvalue weighted by Crippen LogP contribution is 2.34. The summed E-state index contributed by atoms with van der Waals surface area (Å²) in [5.41, 5.74) is 0. The van der Waals surface area contributed by atoms with E-state index in [9.17, 15) is 13.2 Å². The Balaban J connectivity index is 1.83. The minimum atomic E-state index is -4.05. The minimum Gasteiger partial charge on any atom is -0.395 e. The van der Waals surface area contributed by atoms with Crippen molar-refractivity contribution in [3.8, 4) is 11.8 Å². The fraction of sp³-hybridized carbons (Fsp3) is 0.600. The Labute approximate surface area is 126 Å². The molecular weight excluding hydrogens is 299 g/mol. The highest BCUT2D eigenvalue weighted by Gasteiger charge is 2.40. The molecule has 1 saturated heterocycles. The number of hydrogen-bond donors (Lipinski definition) is 1. The Morgan fingerprint density at radius 3 is 2.62 bits per heavy atom. The summed E-state index contributed by atoms with van der Waals surface area (Å²) < 4.78 is 37.8. The monoisotopic (exact) mass is 317 g/mol. The molecule has 0 aliphatic carbocycles. The molecule has 2 nitrogen and oxygen atoms in total. The summed E-state index contributed by atoms with van der Waals surface area (Å²) in [5.74, 6) is 4.69. The second-order valence-electron chi connectivity index (χ2n) is 5.13. The molecule has 1 fully saturated rings. The first-order chi connectivity index (χ1) is 9.99. The molecule has 116 valence electrons. The Morgan fingerprint density at radius 1 is 1.29 bits per heavy atom. The molecule has 2 heterocycles. The molecule has 1 aromatic heterocycles. The standard InChI is InChI=1S/C15H18F3NOS/c16-15(17,18)12-6-8-19(9-7-12)11-14-5-4-13(21-14)3-1-2-10-20/h4-5,12,20H,2,6-11H2. The molecule has 1 aliphatic heterocycles. The Hall–Kier alpha value is -1.03. The molecule has 0 saturated carbocycles. The van der Waals surface area contributed by atoms with Crippen LogP contribution in [-0.4, -0.2) is 35.9 Å². The highest BCUT2D eigenvalue weighted by atomic mass is 32.1. The zero-order chi connectivity index (χ0) is 15.3. The lowest BCUT2D eigenvalue weighted by Gasteiger charge is -2.32. The molecule has 0 spiro atoms. The van der Waals surface area contributed by atoms with Gasteiger partial charge in [-0.05, 0) is 38.1 Å². The highest BCUT2D eigenvalue weighted by molar-refractivity contribution is 7.12. The molecule has 0 amide bonds. The van der Waals surface area contributed by atoms with Crippen molar-refractivity contribution in [2.24, 2.45) is 5.92 Å². The quantitative estimate of drug-likeness (QED) is 0.865. The van der Waals surface area contributed by atoms with Crippen molar-refractivity contribution in [3.05, 3.63) is 21.9 Å². The Bertz CT molecular complexity index is 507. The molecule has 2 rings (SSSR count). The molecule has 1 N–H and O–H groups in total. The molecular formula is C15H18F3NOS. The van der Waals surface area contributed by atoms with Crippen molar-refractivity contribution in [1.29, 1.82) is 0 Å². The SMILES string of the molecule is OCCC#Cc1ccc(CN2CCC(C(F)(F)F)CC2)s1. The van der Waals surface area contributed by atoms with E-state index in [1.165, 1.54) is 0 Å². The van der Waals surface area contributed by atoms with E-state index in [-0.39, 0.29) is 19.4 Å². The fourth-order valence-corrected chi connectivity index (χ4v) is 3.30. The van der Waals surface area contributed by atoms with E-state index in [4.69, 9.17) is 5.11 Å². The van der Waals surface area contributed by atoms with E-state index in [0.717, 1.165) is 9.75 Å². The summed E-state index contributed by atoms with van der Waals surface area (Å²) in [6.07, 6.45) is -3.21. The van der Waals surface area contributed by atoms with Crippen LogP contribution >= 0.6 is 11.3 Å². The number of aliphatic hydroxyl groups excluding tert-OH is 1. The van der Waals surface area contributed by atoms with E-state index in [1.807, 2.05) is 12.1 Å². The van der Waals surface area contributed by atoms with Crippen LogP contribution in [0.3, 0.4) is 0 Å². The smallest absolute Gasteiger partial charge is 0.391 e. The molecule has 0 bridgehead atoms. The third-order valence-electron chi connectivity index (χ3n) is 3.54. The molecule has 1 aliphatic rings. The number of likely N-dealkylation sites (tertiary alicyclic amines) is 1. The number of nitrogens with zero attached hydrogens (tertiary/aromatic N) is 1. The number of rotatable bonds is 3. The van der Waals surface area contributed by atoms with Gasteiger partial charge in [0, 0.05) is 17.8 Å². The van der Waals surface area contributed by atoms with Gasteiger partial charge in [-0.25, -0.2) is 0 Å². The van der Waals surface area contributed by atoms with Gasteiger partial charge in [-0.15, -0.1) is 11.3 Å². The lowest BCUT2D eigenvalue weighted by molar-refractivity contribution is -0.185. The maximum atomic E-state index is 12.6. The average Bonchev–Trinajstić information content (AvgIpc) is 2.86. The second kappa shape index (κ2) is 7.30. The van der Waals surface area contributed by atoms with Gasteiger partial charge in [0.2, 0.25) is 0 Å². The van der Waals surface area contributed by atoms with E-state index in [2.05, 4.69) is 16.7 Å². The van der Waals surface area contributed by atoms with Gasteiger partial charge in [0.15, 0.2) is 0 Å². The van der Waals surface area contributed by atoms with Crippen molar-refractivity contribution in [2.45, 2.75) is 32.0 Å². The molecule has 0 unspecified atom stereocenters. The van der Waals surface area contributed by atoms with Crippen LogP contribution in [0, 0.1) is 17.8 Å². The predicted molar refractivity (Wildman–Crippen MR) is 77.0 cm³/mol. The minimum absolute atomic E-state index is 0.0549. The molecule has 0 aromatic carbocycles. The fourth-order valence-electron chi connectivity index (χ4n) is 2.37. The summed E-state index contributed by atoms with van der Waals surface area (Å²) in [6.45, 7) is 1.73. The van der Waals surface area contributed by atoms with Gasteiger partial charge in [-0.2, -0.15) is 13.2 Å². The van der Waals surface area contributed by atoms with Crippen LogP contribution in [0.4, 0.5) is 13.2 Å². The van der Waals surface area contributed by atoms with Crippen molar-refractivity contribution in [3.63, 3.8) is 0 Å². The maximum absolute atomic E-state index is 12.6. The van der Waals surface area contributed by atoms with Crippen LogP contribution in [0.2, 0.25) is 0 Å². The topological polar surface area (TPSA) is 23.5 Å². The van der Waals surface area contributed by atoms with Gasteiger partial charge in [0.05, 0.1) is 17.4 Å². The summed E-state index contributed by atoms with van der Waals surface area (Å²) in [4.78, 5) is 4.12. The van der Waals surface area contributed by atoms with Crippen LogP contribution in [0.15, 0.2) is 12.1 Å². The summed E-state index contributed by atoms with van der Waals surface area (Å²) in [7, 11) is 0. The van der Waals surface area contributed by atoms with E-state index >= 15 is 0 Å². The number of piperidine rings is 1. The van der Waals surface area contributed by atoms with Gasteiger partial charge >= 0.3 is 6.18 Å². The van der Waals surface area contributed by atoms with Crippen molar-refractivity contribution in [1.82, 2.24) is 4.90 Å². The molecule has 0 atom stereocenters. The summed E-state index contributed by atoms with van der Waals surface area (Å²) in [6, 6.07) is 3.90. The summed E-state index contributed by atoms with van der Waals surface area (Å²) >= 11 is 1.56. The number of alkyl halides is 3. The van der Waals surface area contributed by atoms with Gasteiger partial charge in [-0.3, -0.25) is 4.90 Å². The van der Waals surface area contributed by atoms with Gasteiger partial charge in [0.1, 0.15) is 0 Å². The van der Waals surface area contributed by atoms with Crippen LogP contribution in [0.5, 0.6) is 0 Å². The van der Waals surface area contributed by atoms with Crippen molar-refractivity contribution < 1.29 is 18.3 Å². The number of thiophene rings is 1. The normalized spacial score (nSPS) is 17.5. The van der Waals surface area contributed by atoms with Crippen LogP contribution < -0.4 is 0 Å². The predicted octanol–water partition coefficient (Wildman–Crippen LogP) is 3.26. The molecule has 0 radical (unpaired) electrons. The maximum Gasteiger partial charge on any atom is 0.391 e. The zero-order valence-electron chi connectivity index (χ0n) is 11.6. The van der Waals surface area contributed by atoms with E-state index in [0.29, 0.717) is 26.1 Å². The van der Waals surface area contributed by atoms with Crippen LogP contribution in [-0.2, 0) is 6.54 Å². The largest absolute Gasteiger partial charge is 0.395 e. The molecule has 6 heteroatoms. The van der Waals surface area contributed by atoms with E-state index in [1.54, 1.807) is 11.3 Å².